The van der Waals surface area contributed by atoms with Crippen LogP contribution in [0, 0.1) is 6.92 Å². The van der Waals surface area contributed by atoms with Gasteiger partial charge < -0.3 is 4.90 Å². The Balaban J connectivity index is 1.89. The summed E-state index contributed by atoms with van der Waals surface area (Å²) in [6.07, 6.45) is 6.66. The van der Waals surface area contributed by atoms with Crippen molar-refractivity contribution >= 4 is 16.9 Å². The van der Waals surface area contributed by atoms with E-state index in [0.29, 0.717) is 0 Å². The fourth-order valence-corrected chi connectivity index (χ4v) is 3.81. The zero-order valence-electron chi connectivity index (χ0n) is 16.5. The van der Waals surface area contributed by atoms with Crippen molar-refractivity contribution in [3.63, 3.8) is 0 Å². The van der Waals surface area contributed by atoms with Gasteiger partial charge in [0.25, 0.3) is 0 Å². The first-order chi connectivity index (χ1) is 13.6. The second-order valence-corrected chi connectivity index (χ2v) is 7.33. The number of hydrogen-bond acceptors (Lipinski definition) is 1. The molecule has 0 saturated heterocycles. The van der Waals surface area contributed by atoms with Crippen molar-refractivity contribution in [1.29, 1.82) is 0 Å². The molecule has 28 heavy (non-hydrogen) atoms. The van der Waals surface area contributed by atoms with E-state index in [1.54, 1.807) is 0 Å². The molecule has 1 heterocycles. The van der Waals surface area contributed by atoms with Crippen LogP contribution in [0.3, 0.4) is 0 Å². The van der Waals surface area contributed by atoms with Crippen LogP contribution in [-0.4, -0.2) is 0 Å². The van der Waals surface area contributed by atoms with E-state index in [2.05, 4.69) is 116 Å². The molecule has 0 amide bonds. The third-order valence-electron chi connectivity index (χ3n) is 5.21. The molecule has 138 valence electrons. The predicted molar refractivity (Wildman–Crippen MR) is 121 cm³/mol. The first-order valence-electron chi connectivity index (χ1n) is 9.73. The molecule has 1 nitrogen and oxygen atoms in total. The third-order valence-corrected chi connectivity index (χ3v) is 5.21. The summed E-state index contributed by atoms with van der Waals surface area (Å²) in [5, 5.41) is 0. The average Bonchev–Trinajstić information content (AvgIpc) is 2.77. The molecular weight excluding hydrogens is 338 g/mol. The summed E-state index contributed by atoms with van der Waals surface area (Å²) in [6, 6.07) is 27.7. The molecule has 0 bridgehead atoms. The maximum atomic E-state index is 4.40. The molecule has 0 fully saturated rings. The van der Waals surface area contributed by atoms with Crippen molar-refractivity contribution in [2.45, 2.75) is 19.8 Å². The van der Waals surface area contributed by atoms with Gasteiger partial charge in [-0.3, -0.25) is 0 Å². The Bertz CT molecular complexity index is 1060. The van der Waals surface area contributed by atoms with Crippen LogP contribution in [-0.2, 0) is 0 Å². The minimum absolute atomic E-state index is 0.272. The zero-order valence-corrected chi connectivity index (χ0v) is 16.5. The maximum absolute atomic E-state index is 4.40. The van der Waals surface area contributed by atoms with Crippen LogP contribution >= 0.6 is 0 Å². The number of rotatable bonds is 2. The van der Waals surface area contributed by atoms with Crippen LogP contribution in [0.1, 0.15) is 29.5 Å². The number of allylic oxidation sites excluding steroid dienone is 4. The van der Waals surface area contributed by atoms with Gasteiger partial charge in [-0.15, -0.1) is 0 Å². The van der Waals surface area contributed by atoms with E-state index in [0.717, 1.165) is 11.4 Å². The monoisotopic (exact) mass is 363 g/mol. The van der Waals surface area contributed by atoms with E-state index in [1.165, 1.54) is 28.0 Å². The zero-order chi connectivity index (χ0) is 19.5. The first kappa shape index (κ1) is 18.1. The first-order valence-corrected chi connectivity index (χ1v) is 9.73. The van der Waals surface area contributed by atoms with Crippen LogP contribution in [0.25, 0.3) is 5.57 Å². The second-order valence-electron chi connectivity index (χ2n) is 7.33. The minimum atomic E-state index is 0.272. The third kappa shape index (κ3) is 3.57. The lowest BCUT2D eigenvalue weighted by Gasteiger charge is -2.28. The highest BCUT2D eigenvalue weighted by molar-refractivity contribution is 5.80. The molecule has 0 saturated carbocycles. The standard InChI is InChI=1S/C27H25N/c1-20-10-9-11-23(18-20)24-17-16-22(3)28(25-12-5-4-6-13-25)27-15-8-7-14-26(27)21(2)19-24/h4-19,21H,3H2,1-2H3/b17-16-,24-19+. The van der Waals surface area contributed by atoms with Gasteiger partial charge in [0, 0.05) is 23.0 Å². The maximum Gasteiger partial charge on any atom is 0.0499 e. The van der Waals surface area contributed by atoms with Gasteiger partial charge in [0.1, 0.15) is 0 Å². The SMILES string of the molecule is C=C1/C=C\C(c2cccc(C)c2)=C/C(C)c2ccccc2N1c1ccccc1. The number of benzene rings is 3. The molecule has 0 radical (unpaired) electrons. The van der Waals surface area contributed by atoms with Crippen LogP contribution in [0.2, 0.25) is 0 Å². The summed E-state index contributed by atoms with van der Waals surface area (Å²) >= 11 is 0. The molecule has 1 atom stereocenters. The minimum Gasteiger partial charge on any atom is -0.311 e. The summed E-state index contributed by atoms with van der Waals surface area (Å²) in [7, 11) is 0. The van der Waals surface area contributed by atoms with E-state index in [-0.39, 0.29) is 5.92 Å². The predicted octanol–water partition coefficient (Wildman–Crippen LogP) is 7.40. The van der Waals surface area contributed by atoms with Crippen molar-refractivity contribution in [3.05, 3.63) is 126 Å². The fourth-order valence-electron chi connectivity index (χ4n) is 3.81. The molecule has 0 N–H and O–H groups in total. The van der Waals surface area contributed by atoms with E-state index in [1.807, 2.05) is 6.07 Å². The second kappa shape index (κ2) is 7.74. The topological polar surface area (TPSA) is 3.24 Å². The number of fused-ring (bicyclic) bond motifs is 1. The Morgan fingerprint density at radius 3 is 2.36 bits per heavy atom. The Kier molecular flexibility index (Phi) is 4.99. The molecule has 1 heteroatoms. The summed E-state index contributed by atoms with van der Waals surface area (Å²) in [5.74, 6) is 0.272. The number of hydrogen-bond donors (Lipinski definition) is 0. The van der Waals surface area contributed by atoms with Gasteiger partial charge >= 0.3 is 0 Å². The van der Waals surface area contributed by atoms with Gasteiger partial charge in [0.05, 0.1) is 0 Å². The summed E-state index contributed by atoms with van der Waals surface area (Å²) in [5.41, 5.74) is 8.27. The van der Waals surface area contributed by atoms with Crippen molar-refractivity contribution in [3.8, 4) is 0 Å². The average molecular weight is 364 g/mol. The molecule has 0 aromatic heterocycles. The van der Waals surface area contributed by atoms with E-state index < -0.39 is 0 Å². The highest BCUT2D eigenvalue weighted by Gasteiger charge is 2.19. The summed E-state index contributed by atoms with van der Waals surface area (Å²) < 4.78 is 0. The van der Waals surface area contributed by atoms with Crippen LogP contribution in [0.4, 0.5) is 11.4 Å². The van der Waals surface area contributed by atoms with Gasteiger partial charge in [-0.2, -0.15) is 0 Å². The van der Waals surface area contributed by atoms with Crippen molar-refractivity contribution < 1.29 is 0 Å². The molecule has 1 aliphatic heterocycles. The van der Waals surface area contributed by atoms with Crippen LogP contribution < -0.4 is 4.90 Å². The lowest BCUT2D eigenvalue weighted by molar-refractivity contribution is 0.962. The molecule has 3 aromatic rings. The van der Waals surface area contributed by atoms with Crippen LogP contribution in [0.5, 0.6) is 0 Å². The lowest BCUT2D eigenvalue weighted by Crippen LogP contribution is -2.16. The van der Waals surface area contributed by atoms with Crippen molar-refractivity contribution in [2.75, 3.05) is 4.90 Å². The normalized spacial score (nSPS) is 19.6. The fraction of sp³-hybridized carbons (Fsp3) is 0.111. The summed E-state index contributed by atoms with van der Waals surface area (Å²) in [6.45, 7) is 8.80. The smallest absolute Gasteiger partial charge is 0.0499 e. The van der Waals surface area contributed by atoms with Gasteiger partial charge in [0.2, 0.25) is 0 Å². The highest BCUT2D eigenvalue weighted by Crippen LogP contribution is 2.38. The number of aryl methyl sites for hydroxylation is 1. The number of nitrogens with zero attached hydrogens (tertiary/aromatic N) is 1. The number of para-hydroxylation sites is 2. The lowest BCUT2D eigenvalue weighted by atomic mass is 9.93. The molecule has 1 aliphatic rings. The number of anilines is 2. The largest absolute Gasteiger partial charge is 0.311 e. The van der Waals surface area contributed by atoms with Crippen LogP contribution in [0.15, 0.2) is 109 Å². The summed E-state index contributed by atoms with van der Waals surface area (Å²) in [4.78, 5) is 2.25. The molecule has 1 unspecified atom stereocenters. The van der Waals surface area contributed by atoms with Gasteiger partial charge in [-0.1, -0.05) is 91.9 Å². The molecule has 0 spiro atoms. The van der Waals surface area contributed by atoms with Gasteiger partial charge in [-0.25, -0.2) is 0 Å². The van der Waals surface area contributed by atoms with Gasteiger partial charge in [-0.05, 0) is 47.9 Å². The Hall–Kier alpha value is -3.32. The van der Waals surface area contributed by atoms with E-state index >= 15 is 0 Å². The van der Waals surface area contributed by atoms with Gasteiger partial charge in [0.15, 0.2) is 0 Å². The Morgan fingerprint density at radius 2 is 1.57 bits per heavy atom. The highest BCUT2D eigenvalue weighted by atomic mass is 15.1. The van der Waals surface area contributed by atoms with E-state index in [4.69, 9.17) is 0 Å². The Morgan fingerprint density at radius 1 is 0.821 bits per heavy atom. The molecule has 4 rings (SSSR count). The Labute approximate surface area is 168 Å². The quantitative estimate of drug-likeness (QED) is 0.458. The van der Waals surface area contributed by atoms with Crippen molar-refractivity contribution in [1.82, 2.24) is 0 Å². The molecule has 3 aromatic carbocycles. The molecular formula is C27H25N. The van der Waals surface area contributed by atoms with E-state index in [9.17, 15) is 0 Å². The molecule has 0 aliphatic carbocycles. The van der Waals surface area contributed by atoms with Crippen molar-refractivity contribution in [2.24, 2.45) is 0 Å².